The fraction of sp³-hybridized carbons (Fsp3) is 0.857. The molecule has 1 saturated heterocycles. The molecule has 0 aromatic heterocycles. The van der Waals surface area contributed by atoms with Gasteiger partial charge in [0.2, 0.25) is 11.8 Å². The van der Waals surface area contributed by atoms with E-state index in [0.717, 1.165) is 6.42 Å². The lowest BCUT2D eigenvalue weighted by atomic mass is 9.85. The van der Waals surface area contributed by atoms with Crippen molar-refractivity contribution in [3.05, 3.63) is 0 Å². The van der Waals surface area contributed by atoms with E-state index < -0.39 is 29.8 Å². The van der Waals surface area contributed by atoms with Gasteiger partial charge < -0.3 is 15.2 Å². The summed E-state index contributed by atoms with van der Waals surface area (Å²) >= 11 is 0. The van der Waals surface area contributed by atoms with E-state index in [1.54, 1.807) is 0 Å². The van der Waals surface area contributed by atoms with Crippen LogP contribution in [0, 0.1) is 11.8 Å². The number of amides is 1. The molecule has 2 rings (SSSR count). The zero-order valence-electron chi connectivity index (χ0n) is 11.8. The molecule has 1 saturated carbocycles. The van der Waals surface area contributed by atoms with E-state index in [9.17, 15) is 23.5 Å². The van der Waals surface area contributed by atoms with E-state index >= 15 is 0 Å². The van der Waals surface area contributed by atoms with Crippen LogP contribution < -0.4 is 5.32 Å². The summed E-state index contributed by atoms with van der Waals surface area (Å²) in [4.78, 5) is 23.4. The number of carboxylic acids is 1. The van der Waals surface area contributed by atoms with Gasteiger partial charge in [-0.2, -0.15) is 0 Å². The van der Waals surface area contributed by atoms with Crippen LogP contribution in [0.15, 0.2) is 0 Å². The number of hydrogen-bond donors (Lipinski definition) is 2. The first-order valence-corrected chi connectivity index (χ1v) is 7.38. The molecule has 0 radical (unpaired) electrons. The zero-order valence-corrected chi connectivity index (χ0v) is 11.8. The van der Waals surface area contributed by atoms with E-state index in [0.29, 0.717) is 19.6 Å². The monoisotopic (exact) mass is 305 g/mol. The molecule has 5 nitrogen and oxygen atoms in total. The second-order valence-corrected chi connectivity index (χ2v) is 5.93. The van der Waals surface area contributed by atoms with Gasteiger partial charge in [0, 0.05) is 31.3 Å². The van der Waals surface area contributed by atoms with E-state index in [1.165, 1.54) is 0 Å². The standard InChI is InChI=1S/C14H21F2NO4/c15-14(16)5-3-9(4-6-14)12(18)17-11(13(19)20)10-2-1-7-21-8-10/h9-11H,1-8H2,(H,17,18)(H,19,20). The van der Waals surface area contributed by atoms with E-state index in [-0.39, 0.29) is 31.6 Å². The first-order valence-electron chi connectivity index (χ1n) is 7.38. The minimum atomic E-state index is -2.69. The van der Waals surface area contributed by atoms with Crippen LogP contribution in [0.1, 0.15) is 38.5 Å². The summed E-state index contributed by atoms with van der Waals surface area (Å²) in [7, 11) is 0. The Morgan fingerprint density at radius 3 is 2.43 bits per heavy atom. The Balaban J connectivity index is 1.91. The number of carboxylic acid groups (broad SMARTS) is 1. The van der Waals surface area contributed by atoms with Crippen LogP contribution in [0.3, 0.4) is 0 Å². The Morgan fingerprint density at radius 1 is 1.24 bits per heavy atom. The minimum Gasteiger partial charge on any atom is -0.480 e. The summed E-state index contributed by atoms with van der Waals surface area (Å²) in [6.45, 7) is 0.911. The molecule has 21 heavy (non-hydrogen) atoms. The predicted molar refractivity (Wildman–Crippen MR) is 70.0 cm³/mol. The Bertz CT molecular complexity index is 386. The van der Waals surface area contributed by atoms with Crippen LogP contribution in [0.2, 0.25) is 0 Å². The summed E-state index contributed by atoms with van der Waals surface area (Å²) < 4.78 is 31.4. The molecule has 0 spiro atoms. The van der Waals surface area contributed by atoms with Crippen LogP contribution in [-0.4, -0.2) is 42.2 Å². The number of carbonyl (C=O) groups excluding carboxylic acids is 1. The molecule has 2 aliphatic rings. The van der Waals surface area contributed by atoms with Crippen LogP contribution >= 0.6 is 0 Å². The Labute approximate surface area is 122 Å². The van der Waals surface area contributed by atoms with Gasteiger partial charge in [0.1, 0.15) is 6.04 Å². The Morgan fingerprint density at radius 2 is 1.90 bits per heavy atom. The second kappa shape index (κ2) is 6.68. The topological polar surface area (TPSA) is 75.6 Å². The molecule has 2 fully saturated rings. The summed E-state index contributed by atoms with van der Waals surface area (Å²) in [6.07, 6.45) is 1.03. The molecule has 1 heterocycles. The van der Waals surface area contributed by atoms with Crippen molar-refractivity contribution in [1.29, 1.82) is 0 Å². The minimum absolute atomic E-state index is 0.104. The molecule has 1 aliphatic heterocycles. The van der Waals surface area contributed by atoms with Crippen molar-refractivity contribution in [2.24, 2.45) is 11.8 Å². The lowest BCUT2D eigenvalue weighted by Crippen LogP contribution is -2.50. The van der Waals surface area contributed by atoms with Gasteiger partial charge in [-0.05, 0) is 25.7 Å². The highest BCUT2D eigenvalue weighted by Gasteiger charge is 2.39. The highest BCUT2D eigenvalue weighted by atomic mass is 19.3. The smallest absolute Gasteiger partial charge is 0.326 e. The number of nitrogens with one attached hydrogen (secondary N) is 1. The molecule has 0 aromatic rings. The number of rotatable bonds is 4. The maximum Gasteiger partial charge on any atom is 0.326 e. The number of hydrogen-bond acceptors (Lipinski definition) is 3. The normalized spacial score (nSPS) is 27.8. The third kappa shape index (κ3) is 4.36. The van der Waals surface area contributed by atoms with Crippen molar-refractivity contribution in [3.8, 4) is 0 Å². The quantitative estimate of drug-likeness (QED) is 0.830. The molecule has 7 heteroatoms. The van der Waals surface area contributed by atoms with Gasteiger partial charge in [-0.15, -0.1) is 0 Å². The van der Waals surface area contributed by atoms with Crippen molar-refractivity contribution in [3.63, 3.8) is 0 Å². The zero-order chi connectivity index (χ0) is 15.5. The molecule has 1 aliphatic carbocycles. The molecule has 0 bridgehead atoms. The van der Waals surface area contributed by atoms with Crippen LogP contribution in [0.5, 0.6) is 0 Å². The van der Waals surface area contributed by atoms with Gasteiger partial charge in [-0.25, -0.2) is 13.6 Å². The van der Waals surface area contributed by atoms with Crippen molar-refractivity contribution in [1.82, 2.24) is 5.32 Å². The molecule has 2 unspecified atom stereocenters. The van der Waals surface area contributed by atoms with Gasteiger partial charge in [0.05, 0.1) is 6.61 Å². The second-order valence-electron chi connectivity index (χ2n) is 5.93. The molecule has 0 aromatic carbocycles. The predicted octanol–water partition coefficient (Wildman–Crippen LogP) is 1.81. The lowest BCUT2D eigenvalue weighted by Gasteiger charge is -2.31. The largest absolute Gasteiger partial charge is 0.480 e. The molecule has 120 valence electrons. The SMILES string of the molecule is O=C(NC(C(=O)O)C1CCCOC1)C1CCC(F)(F)CC1. The first kappa shape index (κ1) is 16.1. The fourth-order valence-corrected chi connectivity index (χ4v) is 2.98. The molecular formula is C14H21F2NO4. The third-order valence-corrected chi connectivity index (χ3v) is 4.32. The summed E-state index contributed by atoms with van der Waals surface area (Å²) in [5, 5.41) is 11.8. The van der Waals surface area contributed by atoms with Crippen molar-refractivity contribution in [2.45, 2.75) is 50.5 Å². The van der Waals surface area contributed by atoms with E-state index in [4.69, 9.17) is 4.74 Å². The fourth-order valence-electron chi connectivity index (χ4n) is 2.98. The van der Waals surface area contributed by atoms with Crippen molar-refractivity contribution >= 4 is 11.9 Å². The van der Waals surface area contributed by atoms with Crippen molar-refractivity contribution in [2.75, 3.05) is 13.2 Å². The molecule has 1 amide bonds. The highest BCUT2D eigenvalue weighted by Crippen LogP contribution is 2.36. The van der Waals surface area contributed by atoms with E-state index in [2.05, 4.69) is 5.32 Å². The summed E-state index contributed by atoms with van der Waals surface area (Å²) in [6, 6.07) is -1.000. The molecule has 2 N–H and O–H groups in total. The number of halogens is 2. The average Bonchev–Trinajstić information content (AvgIpc) is 2.45. The number of carbonyl (C=O) groups is 2. The summed E-state index contributed by atoms with van der Waals surface area (Å²) in [5.41, 5.74) is 0. The van der Waals surface area contributed by atoms with Gasteiger partial charge in [0.25, 0.3) is 0 Å². The number of aliphatic carboxylic acids is 1. The van der Waals surface area contributed by atoms with Crippen LogP contribution in [-0.2, 0) is 14.3 Å². The first-order chi connectivity index (χ1) is 9.89. The maximum absolute atomic E-state index is 13.1. The van der Waals surface area contributed by atoms with Gasteiger partial charge in [-0.3, -0.25) is 4.79 Å². The van der Waals surface area contributed by atoms with Gasteiger partial charge >= 0.3 is 5.97 Å². The van der Waals surface area contributed by atoms with Gasteiger partial charge in [0.15, 0.2) is 0 Å². The summed E-state index contributed by atoms with van der Waals surface area (Å²) in [5.74, 6) is -5.00. The molecule has 2 atom stereocenters. The van der Waals surface area contributed by atoms with Crippen LogP contribution in [0.4, 0.5) is 8.78 Å². The van der Waals surface area contributed by atoms with Crippen LogP contribution in [0.25, 0.3) is 0 Å². The Hall–Kier alpha value is -1.24. The lowest BCUT2D eigenvalue weighted by molar-refractivity contribution is -0.146. The third-order valence-electron chi connectivity index (χ3n) is 4.32. The number of ether oxygens (including phenoxy) is 1. The number of alkyl halides is 2. The highest BCUT2D eigenvalue weighted by molar-refractivity contribution is 5.85. The maximum atomic E-state index is 13.1. The average molecular weight is 305 g/mol. The van der Waals surface area contributed by atoms with E-state index in [1.807, 2.05) is 0 Å². The molecular weight excluding hydrogens is 284 g/mol. The van der Waals surface area contributed by atoms with Gasteiger partial charge in [-0.1, -0.05) is 0 Å². The Kier molecular flexibility index (Phi) is 5.13. The van der Waals surface area contributed by atoms with Crippen molar-refractivity contribution < 1.29 is 28.2 Å².